The first-order chi connectivity index (χ1) is 14.5. The predicted octanol–water partition coefficient (Wildman–Crippen LogP) is 3.24. The SMILES string of the molecule is CCc1nn(C)c(CC)c1CNC(=NC)N1CCN(Cc2ccc(Cl)cc2)C(=O)C1.I. The molecule has 1 aromatic carbocycles. The number of amides is 1. The fourth-order valence-corrected chi connectivity index (χ4v) is 4.09. The number of nitrogens with one attached hydrogen (secondary N) is 1. The number of rotatable bonds is 6. The van der Waals surface area contributed by atoms with Crippen LogP contribution in [0.15, 0.2) is 29.3 Å². The van der Waals surface area contributed by atoms with Crippen molar-refractivity contribution in [2.45, 2.75) is 39.8 Å². The van der Waals surface area contributed by atoms with Gasteiger partial charge in [-0.2, -0.15) is 5.10 Å². The van der Waals surface area contributed by atoms with Gasteiger partial charge in [0.25, 0.3) is 0 Å². The Bertz CT molecular complexity index is 911. The van der Waals surface area contributed by atoms with E-state index < -0.39 is 0 Å². The number of aliphatic imine (C=N–C) groups is 1. The molecule has 170 valence electrons. The van der Waals surface area contributed by atoms with Crippen LogP contribution in [0.25, 0.3) is 0 Å². The van der Waals surface area contributed by atoms with E-state index in [-0.39, 0.29) is 29.9 Å². The summed E-state index contributed by atoms with van der Waals surface area (Å²) in [5.74, 6) is 0.853. The number of aromatic nitrogens is 2. The molecule has 1 amide bonds. The highest BCUT2D eigenvalue weighted by atomic mass is 127. The zero-order valence-electron chi connectivity index (χ0n) is 18.7. The Labute approximate surface area is 206 Å². The van der Waals surface area contributed by atoms with Gasteiger partial charge >= 0.3 is 0 Å². The summed E-state index contributed by atoms with van der Waals surface area (Å²) in [6.07, 6.45) is 1.83. The third-order valence-electron chi connectivity index (χ3n) is 5.57. The third kappa shape index (κ3) is 6.12. The summed E-state index contributed by atoms with van der Waals surface area (Å²) < 4.78 is 1.97. The molecule has 2 aromatic rings. The number of aryl methyl sites for hydroxylation is 2. The molecule has 7 nitrogen and oxygen atoms in total. The Morgan fingerprint density at radius 2 is 1.90 bits per heavy atom. The van der Waals surface area contributed by atoms with Crippen molar-refractivity contribution in [2.75, 3.05) is 26.7 Å². The average molecular weight is 559 g/mol. The predicted molar refractivity (Wildman–Crippen MR) is 136 cm³/mol. The molecule has 0 bridgehead atoms. The number of carbonyl (C=O) groups excluding carboxylic acids is 1. The van der Waals surface area contributed by atoms with E-state index in [4.69, 9.17) is 11.6 Å². The summed E-state index contributed by atoms with van der Waals surface area (Å²) in [5, 5.41) is 8.79. The molecule has 0 aliphatic carbocycles. The van der Waals surface area contributed by atoms with Crippen LogP contribution in [0.3, 0.4) is 0 Å². The highest BCUT2D eigenvalue weighted by Gasteiger charge is 2.26. The van der Waals surface area contributed by atoms with Gasteiger partial charge in [-0.1, -0.05) is 37.6 Å². The fourth-order valence-electron chi connectivity index (χ4n) is 3.96. The first-order valence-electron chi connectivity index (χ1n) is 10.5. The van der Waals surface area contributed by atoms with Crippen molar-refractivity contribution in [2.24, 2.45) is 12.0 Å². The summed E-state index contributed by atoms with van der Waals surface area (Å²) in [5.41, 5.74) is 4.66. The van der Waals surface area contributed by atoms with E-state index in [0.717, 1.165) is 36.6 Å². The Morgan fingerprint density at radius 1 is 1.19 bits per heavy atom. The molecule has 1 saturated heterocycles. The van der Waals surface area contributed by atoms with E-state index >= 15 is 0 Å². The summed E-state index contributed by atoms with van der Waals surface area (Å²) in [6.45, 7) is 7.26. The minimum atomic E-state index is 0. The van der Waals surface area contributed by atoms with Gasteiger partial charge in [0, 0.05) is 56.6 Å². The van der Waals surface area contributed by atoms with Crippen molar-refractivity contribution in [1.29, 1.82) is 0 Å². The molecule has 0 saturated carbocycles. The molecule has 31 heavy (non-hydrogen) atoms. The van der Waals surface area contributed by atoms with Crippen LogP contribution in [0.4, 0.5) is 0 Å². The second kappa shape index (κ2) is 11.7. The Kier molecular flexibility index (Phi) is 9.61. The van der Waals surface area contributed by atoms with E-state index in [0.29, 0.717) is 31.2 Å². The molecule has 0 radical (unpaired) electrons. The normalized spacial score (nSPS) is 14.6. The van der Waals surface area contributed by atoms with Gasteiger partial charge < -0.3 is 15.1 Å². The zero-order valence-corrected chi connectivity index (χ0v) is 21.8. The second-order valence-electron chi connectivity index (χ2n) is 7.47. The minimum Gasteiger partial charge on any atom is -0.352 e. The third-order valence-corrected chi connectivity index (χ3v) is 5.82. The topological polar surface area (TPSA) is 65.8 Å². The van der Waals surface area contributed by atoms with Crippen molar-refractivity contribution in [3.63, 3.8) is 0 Å². The molecular weight excluding hydrogens is 527 g/mol. The van der Waals surface area contributed by atoms with Crippen molar-refractivity contribution >= 4 is 47.4 Å². The van der Waals surface area contributed by atoms with Crippen LogP contribution < -0.4 is 5.32 Å². The van der Waals surface area contributed by atoms with Gasteiger partial charge in [-0.05, 0) is 30.5 Å². The lowest BCUT2D eigenvalue weighted by molar-refractivity contribution is -0.135. The maximum atomic E-state index is 12.7. The number of hydrogen-bond acceptors (Lipinski definition) is 3. The Morgan fingerprint density at radius 3 is 2.48 bits per heavy atom. The molecular formula is C22H32ClIN6O. The van der Waals surface area contributed by atoms with Crippen LogP contribution in [0.1, 0.15) is 36.4 Å². The van der Waals surface area contributed by atoms with E-state index in [9.17, 15) is 4.79 Å². The molecule has 3 rings (SSSR count). The van der Waals surface area contributed by atoms with Gasteiger partial charge in [-0.3, -0.25) is 14.5 Å². The van der Waals surface area contributed by atoms with Crippen LogP contribution in [-0.4, -0.2) is 58.1 Å². The number of nitrogens with zero attached hydrogens (tertiary/aromatic N) is 5. The molecule has 0 spiro atoms. The molecule has 1 N–H and O–H groups in total. The van der Waals surface area contributed by atoms with Crippen LogP contribution in [0.5, 0.6) is 0 Å². The highest BCUT2D eigenvalue weighted by Crippen LogP contribution is 2.16. The minimum absolute atomic E-state index is 0. The fraction of sp³-hybridized carbons (Fsp3) is 0.500. The van der Waals surface area contributed by atoms with Gasteiger partial charge in [-0.25, -0.2) is 0 Å². The molecule has 2 heterocycles. The van der Waals surface area contributed by atoms with Gasteiger partial charge in [-0.15, -0.1) is 24.0 Å². The zero-order chi connectivity index (χ0) is 21.7. The lowest BCUT2D eigenvalue weighted by atomic mass is 10.1. The first kappa shape index (κ1) is 25.5. The molecule has 9 heteroatoms. The monoisotopic (exact) mass is 558 g/mol. The van der Waals surface area contributed by atoms with Gasteiger partial charge in [0.1, 0.15) is 0 Å². The summed E-state index contributed by atoms with van der Waals surface area (Å²) >= 11 is 5.95. The lowest BCUT2D eigenvalue weighted by Gasteiger charge is -2.36. The van der Waals surface area contributed by atoms with Crippen LogP contribution in [0.2, 0.25) is 5.02 Å². The van der Waals surface area contributed by atoms with E-state index in [2.05, 4.69) is 29.3 Å². The number of carbonyl (C=O) groups is 1. The molecule has 1 fully saturated rings. The summed E-state index contributed by atoms with van der Waals surface area (Å²) in [7, 11) is 3.76. The van der Waals surface area contributed by atoms with E-state index in [1.165, 1.54) is 11.3 Å². The maximum Gasteiger partial charge on any atom is 0.242 e. The molecule has 0 atom stereocenters. The van der Waals surface area contributed by atoms with Crippen molar-refractivity contribution in [3.05, 3.63) is 51.8 Å². The maximum absolute atomic E-state index is 12.7. The van der Waals surface area contributed by atoms with Crippen molar-refractivity contribution in [3.8, 4) is 0 Å². The number of guanidine groups is 1. The number of halogens is 2. The molecule has 1 aliphatic heterocycles. The highest BCUT2D eigenvalue weighted by molar-refractivity contribution is 14.0. The molecule has 0 unspecified atom stereocenters. The van der Waals surface area contributed by atoms with Crippen molar-refractivity contribution in [1.82, 2.24) is 24.9 Å². The smallest absolute Gasteiger partial charge is 0.242 e. The average Bonchev–Trinajstić information content (AvgIpc) is 3.06. The van der Waals surface area contributed by atoms with E-state index in [1.54, 1.807) is 7.05 Å². The second-order valence-corrected chi connectivity index (χ2v) is 7.90. The van der Waals surface area contributed by atoms with Crippen LogP contribution in [0, 0.1) is 0 Å². The Hall–Kier alpha value is -1.81. The largest absolute Gasteiger partial charge is 0.352 e. The summed E-state index contributed by atoms with van der Waals surface area (Å²) in [4.78, 5) is 21.1. The Balaban J connectivity index is 0.00000341. The number of benzene rings is 1. The van der Waals surface area contributed by atoms with Crippen LogP contribution >= 0.6 is 35.6 Å². The molecule has 1 aliphatic rings. The van der Waals surface area contributed by atoms with Crippen molar-refractivity contribution < 1.29 is 4.79 Å². The standard InChI is InChI=1S/C22H31ClN6O.HI/c1-5-19-18(20(6-2)27(4)26-19)13-25-22(24-3)29-12-11-28(21(30)15-29)14-16-7-9-17(23)10-8-16;/h7-10H,5-6,11-15H2,1-4H3,(H,24,25);1H. The quantitative estimate of drug-likeness (QED) is 0.336. The first-order valence-corrected chi connectivity index (χ1v) is 10.9. The molecule has 1 aromatic heterocycles. The lowest BCUT2D eigenvalue weighted by Crippen LogP contribution is -2.54. The number of piperazine rings is 1. The van der Waals surface area contributed by atoms with Gasteiger partial charge in [0.15, 0.2) is 5.96 Å². The summed E-state index contributed by atoms with van der Waals surface area (Å²) in [6, 6.07) is 7.65. The number of hydrogen-bond donors (Lipinski definition) is 1. The van der Waals surface area contributed by atoms with Gasteiger partial charge in [0.2, 0.25) is 5.91 Å². The van der Waals surface area contributed by atoms with E-state index in [1.807, 2.05) is 45.8 Å². The van der Waals surface area contributed by atoms with Gasteiger partial charge in [0.05, 0.1) is 12.2 Å². The van der Waals surface area contributed by atoms with Crippen LogP contribution in [-0.2, 0) is 37.8 Å².